The van der Waals surface area contributed by atoms with E-state index in [1.165, 1.54) is 69.4 Å². The summed E-state index contributed by atoms with van der Waals surface area (Å²) in [6, 6.07) is 11.2. The van der Waals surface area contributed by atoms with Crippen LogP contribution in [-0.4, -0.2) is 58.0 Å². The quantitative estimate of drug-likeness (QED) is 0.212. The molecule has 0 bridgehead atoms. The number of halogens is 2. The first kappa shape index (κ1) is 30.5. The van der Waals surface area contributed by atoms with E-state index >= 15 is 0 Å². The number of hydrogen-bond donors (Lipinski definition) is 1. The molecule has 0 spiro atoms. The Morgan fingerprint density at radius 2 is 1.37 bits per heavy atom. The number of ether oxygens (including phenoxy) is 4. The maximum absolute atomic E-state index is 15.0. The molecule has 212 valence electrons. The molecule has 38 heavy (non-hydrogen) atoms. The van der Waals surface area contributed by atoms with Crippen LogP contribution < -0.4 is 4.74 Å². The zero-order chi connectivity index (χ0) is 27.1. The lowest BCUT2D eigenvalue weighted by Crippen LogP contribution is -2.29. The fourth-order valence-electron chi connectivity index (χ4n) is 5.31. The van der Waals surface area contributed by atoms with E-state index < -0.39 is 11.6 Å². The zero-order valence-corrected chi connectivity index (χ0v) is 22.8. The highest BCUT2D eigenvalue weighted by Crippen LogP contribution is 2.44. The third-order valence-corrected chi connectivity index (χ3v) is 7.39. The topological polar surface area (TPSA) is 57.2 Å². The molecule has 0 aliphatic heterocycles. The molecule has 7 heteroatoms. The van der Waals surface area contributed by atoms with Gasteiger partial charge in [-0.1, -0.05) is 69.7 Å². The van der Waals surface area contributed by atoms with E-state index in [1.54, 1.807) is 6.07 Å². The molecule has 1 N–H and O–H groups in total. The molecular formula is C31H44F2O5. The molecule has 0 saturated heterocycles. The molecule has 3 rings (SSSR count). The Hall–Kier alpha value is -2.06. The van der Waals surface area contributed by atoms with Gasteiger partial charge in [-0.3, -0.25) is 0 Å². The standard InChI is InChI=1S/C31H44F2O5/c1-2-3-5-14-31(15-6-4-7-16-31)26-10-8-25(9-11-26)27-12-13-28(30(33)29(27)32)38-24-23-37-22-21-36-20-19-35-18-17-34/h8-13,34H,2-7,14-24H2,1H3. The predicted molar refractivity (Wildman–Crippen MR) is 146 cm³/mol. The van der Waals surface area contributed by atoms with Gasteiger partial charge in [0.15, 0.2) is 11.6 Å². The molecule has 1 aliphatic rings. The summed E-state index contributed by atoms with van der Waals surface area (Å²) < 4.78 is 51.0. The average molecular weight is 535 g/mol. The van der Waals surface area contributed by atoms with Crippen molar-refractivity contribution in [2.24, 2.45) is 0 Å². The van der Waals surface area contributed by atoms with Gasteiger partial charge in [-0.25, -0.2) is 4.39 Å². The van der Waals surface area contributed by atoms with Crippen molar-refractivity contribution in [3.05, 3.63) is 53.6 Å². The van der Waals surface area contributed by atoms with Gasteiger partial charge in [0.1, 0.15) is 6.61 Å². The number of aliphatic hydroxyl groups excluding tert-OH is 1. The van der Waals surface area contributed by atoms with E-state index in [2.05, 4.69) is 19.1 Å². The van der Waals surface area contributed by atoms with Crippen molar-refractivity contribution in [2.45, 2.75) is 70.1 Å². The summed E-state index contributed by atoms with van der Waals surface area (Å²) in [7, 11) is 0. The summed E-state index contributed by atoms with van der Waals surface area (Å²) in [5.41, 5.74) is 2.46. The second kappa shape index (κ2) is 16.8. The zero-order valence-electron chi connectivity index (χ0n) is 22.8. The van der Waals surface area contributed by atoms with Crippen LogP contribution in [0.1, 0.15) is 70.3 Å². The van der Waals surface area contributed by atoms with Gasteiger partial charge in [-0.2, -0.15) is 4.39 Å². The lowest BCUT2D eigenvalue weighted by molar-refractivity contribution is 0.00343. The van der Waals surface area contributed by atoms with Crippen molar-refractivity contribution in [2.75, 3.05) is 52.9 Å². The maximum Gasteiger partial charge on any atom is 0.201 e. The van der Waals surface area contributed by atoms with Gasteiger partial charge in [0.2, 0.25) is 5.82 Å². The van der Waals surface area contributed by atoms with Crippen molar-refractivity contribution in [1.29, 1.82) is 0 Å². The number of unbranched alkanes of at least 4 members (excludes halogenated alkanes) is 2. The number of hydrogen-bond acceptors (Lipinski definition) is 5. The second-order valence-corrected chi connectivity index (χ2v) is 10.0. The minimum atomic E-state index is -0.985. The van der Waals surface area contributed by atoms with Crippen LogP contribution in [0.5, 0.6) is 5.75 Å². The molecule has 0 atom stereocenters. The van der Waals surface area contributed by atoms with Crippen LogP contribution in [-0.2, 0) is 19.6 Å². The van der Waals surface area contributed by atoms with Crippen LogP contribution in [0, 0.1) is 11.6 Å². The third kappa shape index (κ3) is 9.01. The SMILES string of the molecule is CCCCCC1(c2ccc(-c3ccc(OCCOCCOCCOCCO)c(F)c3F)cc2)CCCCC1. The van der Waals surface area contributed by atoms with Gasteiger partial charge in [0.05, 0.1) is 46.2 Å². The Morgan fingerprint density at radius 1 is 0.737 bits per heavy atom. The lowest BCUT2D eigenvalue weighted by Gasteiger charge is -2.38. The van der Waals surface area contributed by atoms with Crippen LogP contribution in [0.4, 0.5) is 8.78 Å². The largest absolute Gasteiger partial charge is 0.488 e. The Morgan fingerprint density at radius 3 is 2.00 bits per heavy atom. The van der Waals surface area contributed by atoms with Gasteiger partial charge < -0.3 is 24.1 Å². The Labute approximate surface area is 226 Å². The van der Waals surface area contributed by atoms with Crippen molar-refractivity contribution < 1.29 is 32.8 Å². The monoisotopic (exact) mass is 534 g/mol. The van der Waals surface area contributed by atoms with Gasteiger partial charge in [0.25, 0.3) is 0 Å². The minimum Gasteiger partial charge on any atom is -0.488 e. The molecule has 2 aromatic carbocycles. The Bertz CT molecular complexity index is 929. The smallest absolute Gasteiger partial charge is 0.201 e. The fraction of sp³-hybridized carbons (Fsp3) is 0.613. The first-order valence-electron chi connectivity index (χ1n) is 14.2. The lowest BCUT2D eigenvalue weighted by atomic mass is 9.66. The Kier molecular flexibility index (Phi) is 13.5. The summed E-state index contributed by atoms with van der Waals surface area (Å²) >= 11 is 0. The van der Waals surface area contributed by atoms with E-state index in [-0.39, 0.29) is 36.5 Å². The number of rotatable bonds is 18. The van der Waals surface area contributed by atoms with Crippen LogP contribution in [0.3, 0.4) is 0 Å². The molecule has 0 unspecified atom stereocenters. The van der Waals surface area contributed by atoms with E-state index in [9.17, 15) is 8.78 Å². The van der Waals surface area contributed by atoms with E-state index in [0.717, 1.165) is 0 Å². The molecule has 0 amide bonds. The normalized spacial score (nSPS) is 15.1. The van der Waals surface area contributed by atoms with Gasteiger partial charge in [0, 0.05) is 5.56 Å². The highest BCUT2D eigenvalue weighted by Gasteiger charge is 2.33. The van der Waals surface area contributed by atoms with E-state index in [0.29, 0.717) is 38.6 Å². The van der Waals surface area contributed by atoms with Gasteiger partial charge in [-0.15, -0.1) is 0 Å². The summed E-state index contributed by atoms with van der Waals surface area (Å²) in [4.78, 5) is 0. The summed E-state index contributed by atoms with van der Waals surface area (Å²) in [6.45, 7) is 4.42. The first-order chi connectivity index (χ1) is 18.6. The highest BCUT2D eigenvalue weighted by molar-refractivity contribution is 5.66. The molecule has 1 fully saturated rings. The van der Waals surface area contributed by atoms with Crippen molar-refractivity contribution in [3.8, 4) is 16.9 Å². The summed E-state index contributed by atoms with van der Waals surface area (Å²) in [5.74, 6) is -2.01. The van der Waals surface area contributed by atoms with Crippen molar-refractivity contribution in [3.63, 3.8) is 0 Å². The Balaban J connectivity index is 1.50. The van der Waals surface area contributed by atoms with Gasteiger partial charge >= 0.3 is 0 Å². The molecule has 2 aromatic rings. The summed E-state index contributed by atoms with van der Waals surface area (Å²) in [6.07, 6.45) is 11.1. The molecule has 0 heterocycles. The van der Waals surface area contributed by atoms with Gasteiger partial charge in [-0.05, 0) is 47.9 Å². The fourth-order valence-corrected chi connectivity index (χ4v) is 5.31. The number of aliphatic hydroxyl groups is 1. The third-order valence-electron chi connectivity index (χ3n) is 7.39. The average Bonchev–Trinajstić information content (AvgIpc) is 2.95. The minimum absolute atomic E-state index is 0.0107. The maximum atomic E-state index is 15.0. The molecule has 0 radical (unpaired) electrons. The van der Waals surface area contributed by atoms with Crippen LogP contribution in [0.15, 0.2) is 36.4 Å². The molecule has 1 saturated carbocycles. The van der Waals surface area contributed by atoms with Crippen molar-refractivity contribution in [1.82, 2.24) is 0 Å². The van der Waals surface area contributed by atoms with Crippen LogP contribution in [0.25, 0.3) is 11.1 Å². The van der Waals surface area contributed by atoms with Crippen LogP contribution in [0.2, 0.25) is 0 Å². The molecule has 5 nitrogen and oxygen atoms in total. The molecular weight excluding hydrogens is 490 g/mol. The number of benzene rings is 2. The van der Waals surface area contributed by atoms with E-state index in [4.69, 9.17) is 24.1 Å². The second-order valence-electron chi connectivity index (χ2n) is 10.0. The van der Waals surface area contributed by atoms with E-state index in [1.807, 2.05) is 12.1 Å². The van der Waals surface area contributed by atoms with Crippen molar-refractivity contribution >= 4 is 0 Å². The molecule has 1 aliphatic carbocycles. The predicted octanol–water partition coefficient (Wildman–Crippen LogP) is 6.83. The summed E-state index contributed by atoms with van der Waals surface area (Å²) in [5, 5.41) is 8.61. The first-order valence-corrected chi connectivity index (χ1v) is 14.2. The van der Waals surface area contributed by atoms with Crippen LogP contribution >= 0.6 is 0 Å². The molecule has 0 aromatic heterocycles. The highest BCUT2D eigenvalue weighted by atomic mass is 19.2.